The molecule has 10 heteroatoms. The average molecular weight is 456 g/mol. The molecule has 1 aliphatic rings. The van der Waals surface area contributed by atoms with Crippen molar-refractivity contribution < 1.29 is 4.52 Å². The van der Waals surface area contributed by atoms with Crippen LogP contribution in [0.2, 0.25) is 0 Å². The van der Waals surface area contributed by atoms with Gasteiger partial charge in [-0.3, -0.25) is 5.10 Å². The van der Waals surface area contributed by atoms with Gasteiger partial charge < -0.3 is 25.4 Å². The second-order valence-electron chi connectivity index (χ2n) is 8.95. The minimum absolute atomic E-state index is 0. The molecule has 3 aromatic heterocycles. The van der Waals surface area contributed by atoms with Gasteiger partial charge in [0.2, 0.25) is 5.95 Å². The number of hydrogen-bond donors (Lipinski definition) is 4. The molecule has 1 saturated heterocycles. The quantitative estimate of drug-likeness (QED) is 0.395. The molecule has 1 aliphatic heterocycles. The van der Waals surface area contributed by atoms with Gasteiger partial charge in [-0.15, -0.1) is 0 Å². The SMILES string of the molecule is C.CC(C)c1cc(CNc2nc(Nc3cc(C(C)C)[nH]n3)cc(N3CCN[C@@H](C)C3)n2)on1. The van der Waals surface area contributed by atoms with Gasteiger partial charge in [-0.1, -0.05) is 40.3 Å². The molecule has 1 fully saturated rings. The van der Waals surface area contributed by atoms with E-state index in [-0.39, 0.29) is 7.43 Å². The first-order valence-corrected chi connectivity index (χ1v) is 11.3. The first-order valence-electron chi connectivity index (χ1n) is 11.3. The normalized spacial score (nSPS) is 16.2. The Bertz CT molecular complexity index is 1030. The zero-order valence-electron chi connectivity index (χ0n) is 19.4. The molecular formula is C23H37N9O. The largest absolute Gasteiger partial charge is 0.359 e. The molecule has 0 saturated carbocycles. The van der Waals surface area contributed by atoms with Gasteiger partial charge in [-0.2, -0.15) is 15.1 Å². The lowest BCUT2D eigenvalue weighted by atomic mass is 10.1. The van der Waals surface area contributed by atoms with Crippen molar-refractivity contribution in [3.8, 4) is 0 Å². The summed E-state index contributed by atoms with van der Waals surface area (Å²) in [6, 6.07) is 6.35. The molecule has 4 N–H and O–H groups in total. The van der Waals surface area contributed by atoms with E-state index in [9.17, 15) is 0 Å². The molecule has 0 aliphatic carbocycles. The van der Waals surface area contributed by atoms with Crippen molar-refractivity contribution in [2.24, 2.45) is 0 Å². The fourth-order valence-electron chi connectivity index (χ4n) is 3.56. The highest BCUT2D eigenvalue weighted by Crippen LogP contribution is 2.24. The molecule has 180 valence electrons. The molecule has 0 unspecified atom stereocenters. The first-order chi connectivity index (χ1) is 15.4. The van der Waals surface area contributed by atoms with Gasteiger partial charge in [0.25, 0.3) is 0 Å². The Kier molecular flexibility index (Phi) is 7.91. The Morgan fingerprint density at radius 1 is 1.12 bits per heavy atom. The average Bonchev–Trinajstić information content (AvgIpc) is 3.42. The van der Waals surface area contributed by atoms with E-state index in [4.69, 9.17) is 9.51 Å². The summed E-state index contributed by atoms with van der Waals surface area (Å²) in [5.41, 5.74) is 2.01. The molecule has 0 aromatic carbocycles. The number of aromatic amines is 1. The van der Waals surface area contributed by atoms with E-state index >= 15 is 0 Å². The number of aromatic nitrogens is 5. The van der Waals surface area contributed by atoms with E-state index in [1.165, 1.54) is 0 Å². The van der Waals surface area contributed by atoms with Crippen LogP contribution in [-0.2, 0) is 6.54 Å². The standard InChI is InChI=1S/C22H33N9O.CH4/c1-13(2)17-9-20(29-28-17)25-19-10-21(31-7-6-23-15(5)12-31)27-22(26-19)24-11-16-8-18(14(3)4)30-32-16;/h8-10,13-15,23H,6-7,11-12H2,1-5H3,(H3,24,25,26,27,28,29);1H4/t15-;/m0./s1. The minimum atomic E-state index is 0. The summed E-state index contributed by atoms with van der Waals surface area (Å²) >= 11 is 0. The highest BCUT2D eigenvalue weighted by atomic mass is 16.5. The lowest BCUT2D eigenvalue weighted by Crippen LogP contribution is -2.49. The summed E-state index contributed by atoms with van der Waals surface area (Å²) in [4.78, 5) is 11.7. The Labute approximate surface area is 196 Å². The van der Waals surface area contributed by atoms with Crippen LogP contribution in [0, 0.1) is 0 Å². The van der Waals surface area contributed by atoms with Gasteiger partial charge in [0.05, 0.1) is 12.2 Å². The third-order valence-electron chi connectivity index (χ3n) is 5.47. The molecule has 0 amide bonds. The second kappa shape index (κ2) is 10.7. The maximum Gasteiger partial charge on any atom is 0.227 e. The lowest BCUT2D eigenvalue weighted by Gasteiger charge is -2.33. The van der Waals surface area contributed by atoms with Crippen LogP contribution in [0.25, 0.3) is 0 Å². The van der Waals surface area contributed by atoms with E-state index in [1.54, 1.807) is 0 Å². The number of piperazine rings is 1. The minimum Gasteiger partial charge on any atom is -0.359 e. The molecule has 33 heavy (non-hydrogen) atoms. The van der Waals surface area contributed by atoms with Crippen LogP contribution in [0.1, 0.15) is 71.0 Å². The fourth-order valence-corrected chi connectivity index (χ4v) is 3.56. The van der Waals surface area contributed by atoms with Crippen molar-refractivity contribution in [3.63, 3.8) is 0 Å². The van der Waals surface area contributed by atoms with Crippen molar-refractivity contribution >= 4 is 23.4 Å². The van der Waals surface area contributed by atoms with E-state index in [0.717, 1.165) is 48.4 Å². The van der Waals surface area contributed by atoms with Crippen molar-refractivity contribution in [2.75, 3.05) is 35.2 Å². The highest BCUT2D eigenvalue weighted by Gasteiger charge is 2.19. The van der Waals surface area contributed by atoms with Crippen molar-refractivity contribution in [2.45, 2.75) is 66.5 Å². The molecule has 0 bridgehead atoms. The second-order valence-corrected chi connectivity index (χ2v) is 8.95. The lowest BCUT2D eigenvalue weighted by molar-refractivity contribution is 0.379. The Hall–Kier alpha value is -3.14. The van der Waals surface area contributed by atoms with Gasteiger partial charge in [0.15, 0.2) is 11.6 Å². The summed E-state index contributed by atoms with van der Waals surface area (Å²) < 4.78 is 5.44. The Morgan fingerprint density at radius 3 is 2.61 bits per heavy atom. The summed E-state index contributed by atoms with van der Waals surface area (Å²) in [7, 11) is 0. The van der Waals surface area contributed by atoms with Crippen LogP contribution in [0.15, 0.2) is 22.7 Å². The Balaban J connectivity index is 0.00000306. The number of anilines is 4. The Morgan fingerprint density at radius 2 is 1.94 bits per heavy atom. The monoisotopic (exact) mass is 455 g/mol. The van der Waals surface area contributed by atoms with Gasteiger partial charge in [0, 0.05) is 49.6 Å². The smallest absolute Gasteiger partial charge is 0.227 e. The molecule has 0 spiro atoms. The summed E-state index contributed by atoms with van der Waals surface area (Å²) in [6.45, 7) is 13.8. The maximum absolute atomic E-state index is 5.44. The van der Waals surface area contributed by atoms with Gasteiger partial charge in [0.1, 0.15) is 11.6 Å². The molecule has 3 aromatic rings. The van der Waals surface area contributed by atoms with Crippen LogP contribution in [0.5, 0.6) is 0 Å². The molecule has 10 nitrogen and oxygen atoms in total. The topological polar surface area (TPSA) is 120 Å². The van der Waals surface area contributed by atoms with Gasteiger partial charge in [-0.25, -0.2) is 0 Å². The number of rotatable bonds is 8. The van der Waals surface area contributed by atoms with Crippen molar-refractivity contribution in [1.29, 1.82) is 0 Å². The highest BCUT2D eigenvalue weighted by molar-refractivity contribution is 5.60. The molecule has 0 radical (unpaired) electrons. The van der Waals surface area contributed by atoms with E-state index < -0.39 is 0 Å². The number of hydrogen-bond acceptors (Lipinski definition) is 9. The number of nitrogens with one attached hydrogen (secondary N) is 4. The van der Waals surface area contributed by atoms with Crippen LogP contribution < -0.4 is 20.9 Å². The summed E-state index contributed by atoms with van der Waals surface area (Å²) in [5, 5.41) is 21.6. The van der Waals surface area contributed by atoms with Crippen LogP contribution in [0.4, 0.5) is 23.4 Å². The third kappa shape index (κ3) is 6.22. The van der Waals surface area contributed by atoms with E-state index in [0.29, 0.717) is 36.2 Å². The predicted molar refractivity (Wildman–Crippen MR) is 132 cm³/mol. The summed E-state index contributed by atoms with van der Waals surface area (Å²) in [5.74, 6) is 4.26. The van der Waals surface area contributed by atoms with Crippen molar-refractivity contribution in [1.82, 2.24) is 30.6 Å². The molecular weight excluding hydrogens is 418 g/mol. The van der Waals surface area contributed by atoms with Crippen LogP contribution in [-0.4, -0.2) is 51.0 Å². The molecule has 1 atom stereocenters. The van der Waals surface area contributed by atoms with Crippen LogP contribution in [0.3, 0.4) is 0 Å². The van der Waals surface area contributed by atoms with Crippen LogP contribution >= 0.6 is 0 Å². The number of H-pyrrole nitrogens is 1. The molecule has 4 heterocycles. The third-order valence-corrected chi connectivity index (χ3v) is 5.47. The van der Waals surface area contributed by atoms with Crippen molar-refractivity contribution in [3.05, 3.63) is 35.3 Å². The fraction of sp³-hybridized carbons (Fsp3) is 0.565. The predicted octanol–water partition coefficient (Wildman–Crippen LogP) is 4.22. The zero-order chi connectivity index (χ0) is 22.7. The van der Waals surface area contributed by atoms with Gasteiger partial charge >= 0.3 is 0 Å². The maximum atomic E-state index is 5.44. The zero-order valence-corrected chi connectivity index (χ0v) is 19.4. The molecule has 4 rings (SSSR count). The van der Waals surface area contributed by atoms with E-state index in [1.807, 2.05) is 18.2 Å². The number of nitrogens with zero attached hydrogens (tertiary/aromatic N) is 5. The van der Waals surface area contributed by atoms with Gasteiger partial charge in [-0.05, 0) is 18.8 Å². The van der Waals surface area contributed by atoms with E-state index in [2.05, 4.69) is 75.8 Å². The first kappa shape index (κ1) is 24.5. The summed E-state index contributed by atoms with van der Waals surface area (Å²) in [6.07, 6.45) is 0.